The summed E-state index contributed by atoms with van der Waals surface area (Å²) in [4.78, 5) is 19.2. The lowest BCUT2D eigenvalue weighted by Gasteiger charge is -2.31. The number of nitrogens with zero attached hydrogens (tertiary/aromatic N) is 2. The van der Waals surface area contributed by atoms with Crippen molar-refractivity contribution in [2.45, 2.75) is 59.5 Å². The van der Waals surface area contributed by atoms with Crippen LogP contribution in [0.1, 0.15) is 53.0 Å². The molecule has 1 atom stereocenters. The van der Waals surface area contributed by atoms with Gasteiger partial charge in [-0.05, 0) is 83.7 Å². The van der Waals surface area contributed by atoms with Gasteiger partial charge >= 0.3 is 6.09 Å². The largest absolute Gasteiger partial charge is 0.444 e. The normalized spacial score (nSPS) is 17.3. The molecule has 1 aromatic rings. The average molecular weight is 560 g/mol. The molecule has 2 rings (SSSR count). The number of amides is 1. The molecule has 7 nitrogen and oxygen atoms in total. The van der Waals surface area contributed by atoms with Gasteiger partial charge in [0.2, 0.25) is 0 Å². The SMILES string of the molecule is CCNC(=NCC1CCCN(CC)C1)NCCc1ccc(NC(=O)OC(C)(C)C)cc1.I. The maximum Gasteiger partial charge on any atom is 0.412 e. The number of likely N-dealkylation sites (tertiary alicyclic amines) is 1. The Hall–Kier alpha value is -1.55. The molecule has 0 radical (unpaired) electrons. The third kappa shape index (κ3) is 11.4. The fourth-order valence-electron chi connectivity index (χ4n) is 3.65. The van der Waals surface area contributed by atoms with Crippen molar-refractivity contribution in [2.24, 2.45) is 10.9 Å². The molecule has 1 saturated heterocycles. The van der Waals surface area contributed by atoms with Crippen LogP contribution in [0.5, 0.6) is 0 Å². The van der Waals surface area contributed by atoms with Crippen molar-refractivity contribution in [3.63, 3.8) is 0 Å². The van der Waals surface area contributed by atoms with Crippen LogP contribution < -0.4 is 16.0 Å². The molecule has 1 aliphatic rings. The Morgan fingerprint density at radius 3 is 2.53 bits per heavy atom. The molecule has 1 unspecified atom stereocenters. The number of piperidine rings is 1. The second kappa shape index (κ2) is 14.6. The quantitative estimate of drug-likeness (QED) is 0.249. The van der Waals surface area contributed by atoms with Gasteiger partial charge in [0.05, 0.1) is 0 Å². The van der Waals surface area contributed by atoms with E-state index in [1.165, 1.54) is 24.9 Å². The smallest absolute Gasteiger partial charge is 0.412 e. The second-order valence-electron chi connectivity index (χ2n) is 9.12. The van der Waals surface area contributed by atoms with E-state index in [0.717, 1.165) is 50.8 Å². The Bertz CT molecular complexity index is 703. The molecule has 1 heterocycles. The van der Waals surface area contributed by atoms with E-state index >= 15 is 0 Å². The first-order valence-electron chi connectivity index (χ1n) is 11.6. The highest BCUT2D eigenvalue weighted by atomic mass is 127. The van der Waals surface area contributed by atoms with Crippen molar-refractivity contribution in [2.75, 3.05) is 44.6 Å². The van der Waals surface area contributed by atoms with Crippen molar-refractivity contribution in [3.05, 3.63) is 29.8 Å². The van der Waals surface area contributed by atoms with Crippen molar-refractivity contribution in [1.29, 1.82) is 0 Å². The minimum absolute atomic E-state index is 0. The summed E-state index contributed by atoms with van der Waals surface area (Å²) >= 11 is 0. The van der Waals surface area contributed by atoms with Crippen LogP contribution in [-0.4, -0.2) is 61.8 Å². The third-order valence-corrected chi connectivity index (χ3v) is 5.21. The third-order valence-electron chi connectivity index (χ3n) is 5.21. The maximum absolute atomic E-state index is 11.9. The summed E-state index contributed by atoms with van der Waals surface area (Å²) in [5.74, 6) is 1.54. The number of halogens is 1. The molecule has 1 aliphatic heterocycles. The molecule has 0 aromatic heterocycles. The van der Waals surface area contributed by atoms with Gasteiger partial charge in [-0.1, -0.05) is 19.1 Å². The van der Waals surface area contributed by atoms with Gasteiger partial charge in [-0.25, -0.2) is 4.79 Å². The molecular weight excluding hydrogens is 517 g/mol. The molecule has 0 aliphatic carbocycles. The summed E-state index contributed by atoms with van der Waals surface area (Å²) < 4.78 is 5.28. The van der Waals surface area contributed by atoms with Gasteiger partial charge < -0.3 is 20.3 Å². The molecular formula is C24H42IN5O2. The monoisotopic (exact) mass is 559 g/mol. The van der Waals surface area contributed by atoms with E-state index in [9.17, 15) is 4.79 Å². The number of rotatable bonds is 8. The Labute approximate surface area is 211 Å². The van der Waals surface area contributed by atoms with E-state index in [0.29, 0.717) is 5.92 Å². The highest BCUT2D eigenvalue weighted by molar-refractivity contribution is 14.0. The van der Waals surface area contributed by atoms with Gasteiger partial charge in [0, 0.05) is 31.9 Å². The lowest BCUT2D eigenvalue weighted by atomic mass is 9.98. The zero-order chi connectivity index (χ0) is 22.7. The number of hydrogen-bond acceptors (Lipinski definition) is 4. The number of anilines is 1. The molecule has 8 heteroatoms. The number of guanidine groups is 1. The summed E-state index contributed by atoms with van der Waals surface area (Å²) in [6.07, 6.45) is 2.98. The Morgan fingerprint density at radius 2 is 1.91 bits per heavy atom. The number of nitrogens with one attached hydrogen (secondary N) is 3. The number of hydrogen-bond donors (Lipinski definition) is 3. The van der Waals surface area contributed by atoms with Crippen LogP contribution in [0.3, 0.4) is 0 Å². The lowest BCUT2D eigenvalue weighted by Crippen LogP contribution is -2.40. The topological polar surface area (TPSA) is 78.0 Å². The predicted octanol–water partition coefficient (Wildman–Crippen LogP) is 4.48. The van der Waals surface area contributed by atoms with E-state index in [4.69, 9.17) is 9.73 Å². The number of benzene rings is 1. The van der Waals surface area contributed by atoms with Crippen molar-refractivity contribution in [1.82, 2.24) is 15.5 Å². The molecule has 32 heavy (non-hydrogen) atoms. The molecule has 0 spiro atoms. The average Bonchev–Trinajstić information content (AvgIpc) is 2.72. The Morgan fingerprint density at radius 1 is 1.19 bits per heavy atom. The van der Waals surface area contributed by atoms with Crippen LogP contribution in [-0.2, 0) is 11.2 Å². The van der Waals surface area contributed by atoms with Gasteiger partial charge in [0.25, 0.3) is 0 Å². The van der Waals surface area contributed by atoms with Crippen LogP contribution >= 0.6 is 24.0 Å². The van der Waals surface area contributed by atoms with Gasteiger partial charge in [0.15, 0.2) is 5.96 Å². The van der Waals surface area contributed by atoms with Crippen LogP contribution in [0.4, 0.5) is 10.5 Å². The van der Waals surface area contributed by atoms with Gasteiger partial charge in [-0.3, -0.25) is 10.3 Å². The fraction of sp³-hybridized carbons (Fsp3) is 0.667. The van der Waals surface area contributed by atoms with E-state index in [1.54, 1.807) is 0 Å². The van der Waals surface area contributed by atoms with E-state index in [2.05, 4.69) is 34.7 Å². The minimum atomic E-state index is -0.506. The molecule has 182 valence electrons. The molecule has 1 aromatic carbocycles. The predicted molar refractivity (Wildman–Crippen MR) is 144 cm³/mol. The highest BCUT2D eigenvalue weighted by Gasteiger charge is 2.18. The number of ether oxygens (including phenoxy) is 1. The van der Waals surface area contributed by atoms with Crippen molar-refractivity contribution in [3.8, 4) is 0 Å². The summed E-state index contributed by atoms with van der Waals surface area (Å²) in [6, 6.07) is 7.86. The zero-order valence-corrected chi connectivity index (χ0v) is 22.7. The maximum atomic E-state index is 11.9. The van der Waals surface area contributed by atoms with E-state index < -0.39 is 11.7 Å². The summed E-state index contributed by atoms with van der Waals surface area (Å²) in [5.41, 5.74) is 1.42. The Kier molecular flexibility index (Phi) is 13.0. The van der Waals surface area contributed by atoms with Crippen molar-refractivity contribution < 1.29 is 9.53 Å². The lowest BCUT2D eigenvalue weighted by molar-refractivity contribution is 0.0636. The first-order chi connectivity index (χ1) is 14.8. The van der Waals surface area contributed by atoms with Crippen LogP contribution in [0.25, 0.3) is 0 Å². The first kappa shape index (κ1) is 28.5. The molecule has 1 amide bonds. The van der Waals surface area contributed by atoms with E-state index in [1.807, 2.05) is 45.0 Å². The van der Waals surface area contributed by atoms with Crippen LogP contribution in [0, 0.1) is 5.92 Å². The zero-order valence-electron chi connectivity index (χ0n) is 20.4. The molecule has 0 bridgehead atoms. The molecule has 3 N–H and O–H groups in total. The fourth-order valence-corrected chi connectivity index (χ4v) is 3.65. The summed E-state index contributed by atoms with van der Waals surface area (Å²) in [5, 5.41) is 9.55. The molecule has 0 saturated carbocycles. The van der Waals surface area contributed by atoms with Crippen molar-refractivity contribution >= 4 is 41.7 Å². The van der Waals surface area contributed by atoms with Gasteiger partial charge in [-0.15, -0.1) is 24.0 Å². The standard InChI is InChI=1S/C24H41N5O2.HI/c1-6-25-22(27-17-20-9-8-16-29(7-2)18-20)26-15-14-19-10-12-21(13-11-19)28-23(30)31-24(3,4)5;/h10-13,20H,6-9,14-18H2,1-5H3,(H,28,30)(H2,25,26,27);1H. The van der Waals surface area contributed by atoms with Crippen LogP contribution in [0.2, 0.25) is 0 Å². The minimum Gasteiger partial charge on any atom is -0.444 e. The summed E-state index contributed by atoms with van der Waals surface area (Å²) in [7, 11) is 0. The number of carbonyl (C=O) groups excluding carboxylic acids is 1. The number of aliphatic imine (C=N–C) groups is 1. The van der Waals surface area contributed by atoms with E-state index in [-0.39, 0.29) is 24.0 Å². The van der Waals surface area contributed by atoms with Gasteiger partial charge in [0.1, 0.15) is 5.60 Å². The molecule has 1 fully saturated rings. The first-order valence-corrected chi connectivity index (χ1v) is 11.6. The second-order valence-corrected chi connectivity index (χ2v) is 9.12. The van der Waals surface area contributed by atoms with Gasteiger partial charge in [-0.2, -0.15) is 0 Å². The summed E-state index contributed by atoms with van der Waals surface area (Å²) in [6.45, 7) is 15.9. The highest BCUT2D eigenvalue weighted by Crippen LogP contribution is 2.16. The van der Waals surface area contributed by atoms with Crippen LogP contribution in [0.15, 0.2) is 29.3 Å². The number of carbonyl (C=O) groups is 1. The Balaban J connectivity index is 0.00000512.